The second-order valence-electron chi connectivity index (χ2n) is 7.93. The highest BCUT2D eigenvalue weighted by Gasteiger charge is 2.08. The van der Waals surface area contributed by atoms with Crippen LogP contribution in [-0.4, -0.2) is 39.0 Å². The summed E-state index contributed by atoms with van der Waals surface area (Å²) in [5.41, 5.74) is 13.6. The van der Waals surface area contributed by atoms with Gasteiger partial charge in [0.2, 0.25) is 0 Å². The average molecular weight is 731 g/mol. The number of carboxylic acid groups (broad SMARTS) is 1. The zero-order valence-corrected chi connectivity index (χ0v) is 25.7. The van der Waals surface area contributed by atoms with Crippen LogP contribution in [0, 0.1) is 11.3 Å². The number of primary amides is 1. The number of benzene rings is 3. The van der Waals surface area contributed by atoms with Crippen LogP contribution in [0.5, 0.6) is 0 Å². The third-order valence-corrected chi connectivity index (χ3v) is 7.52. The van der Waals surface area contributed by atoms with Crippen LogP contribution in [0.4, 0.5) is 0 Å². The Labute approximate surface area is 253 Å². The minimum absolute atomic E-state index is 0.210. The molecule has 0 aliphatic rings. The van der Waals surface area contributed by atoms with Gasteiger partial charge in [-0.25, -0.2) is 4.79 Å². The van der Waals surface area contributed by atoms with Crippen molar-refractivity contribution in [1.82, 2.24) is 15.0 Å². The van der Waals surface area contributed by atoms with Crippen molar-refractivity contribution in [1.29, 1.82) is 5.26 Å². The smallest absolute Gasteiger partial charge is 0.352 e. The summed E-state index contributed by atoms with van der Waals surface area (Å²) in [7, 11) is 1.50. The first-order valence-corrected chi connectivity index (χ1v) is 13.9. The van der Waals surface area contributed by atoms with Gasteiger partial charge in [0.1, 0.15) is 23.2 Å². The highest BCUT2D eigenvalue weighted by molar-refractivity contribution is 9.11. The Hall–Kier alpha value is -3.89. The SMILES string of the molecule is CN.N#Cc1cc2c(Br)cccc2[nH]1.NC(=O)c1cc2c(Br)cccc2[nH]1.O=C(O)c1cc2c(Br)cccc2[nH]1. The Balaban J connectivity index is 0.000000160. The van der Waals surface area contributed by atoms with Crippen LogP contribution < -0.4 is 11.5 Å². The maximum Gasteiger partial charge on any atom is 0.352 e. The maximum absolute atomic E-state index is 10.9. The molecule has 0 aliphatic heterocycles. The minimum Gasteiger partial charge on any atom is -0.477 e. The molecule has 0 aliphatic carbocycles. The van der Waals surface area contributed by atoms with E-state index in [9.17, 15) is 9.59 Å². The Morgan fingerprint density at radius 2 is 1.12 bits per heavy atom. The predicted molar refractivity (Wildman–Crippen MR) is 168 cm³/mol. The van der Waals surface area contributed by atoms with Crippen molar-refractivity contribution in [2.75, 3.05) is 7.05 Å². The summed E-state index contributed by atoms with van der Waals surface area (Å²) in [6, 6.07) is 24.4. The number of carbonyl (C=O) groups is 2. The fraction of sp³-hybridized carbons (Fsp3) is 0.0357. The molecule has 0 saturated heterocycles. The number of aromatic carboxylic acids is 1. The molecule has 3 heterocycles. The van der Waals surface area contributed by atoms with Crippen LogP contribution in [0.1, 0.15) is 26.7 Å². The average Bonchev–Trinajstić information content (AvgIpc) is 3.68. The monoisotopic (exact) mass is 728 g/mol. The number of nitrogens with two attached hydrogens (primary N) is 2. The lowest BCUT2D eigenvalue weighted by molar-refractivity contribution is 0.0691. The number of carbonyl (C=O) groups excluding carboxylic acids is 1. The Bertz CT molecular complexity index is 1760. The van der Waals surface area contributed by atoms with Crippen molar-refractivity contribution >= 4 is 92.4 Å². The van der Waals surface area contributed by atoms with Crippen molar-refractivity contribution in [3.63, 3.8) is 0 Å². The molecule has 3 aromatic carbocycles. The highest BCUT2D eigenvalue weighted by atomic mass is 79.9. The molecule has 0 spiro atoms. The molecule has 3 aromatic heterocycles. The van der Waals surface area contributed by atoms with Crippen LogP contribution >= 0.6 is 47.8 Å². The number of rotatable bonds is 2. The topological polar surface area (TPSA) is 178 Å². The quantitative estimate of drug-likeness (QED) is 0.112. The lowest BCUT2D eigenvalue weighted by Gasteiger charge is -1.90. The summed E-state index contributed by atoms with van der Waals surface area (Å²) < 4.78 is 2.86. The van der Waals surface area contributed by atoms with E-state index in [0.29, 0.717) is 11.4 Å². The molecule has 12 heteroatoms. The number of hydrogen-bond donors (Lipinski definition) is 6. The predicted octanol–water partition coefficient (Wildman–Crippen LogP) is 7.03. The highest BCUT2D eigenvalue weighted by Crippen LogP contribution is 2.26. The fourth-order valence-corrected chi connectivity index (χ4v) is 5.10. The minimum atomic E-state index is -0.942. The number of nitrogens with one attached hydrogen (secondary N) is 3. The first-order valence-electron chi connectivity index (χ1n) is 11.5. The molecular weight excluding hydrogens is 708 g/mol. The molecule has 9 nitrogen and oxygen atoms in total. The number of aromatic amines is 3. The van der Waals surface area contributed by atoms with Crippen LogP contribution in [-0.2, 0) is 0 Å². The lowest BCUT2D eigenvalue weighted by Crippen LogP contribution is -2.10. The third-order valence-electron chi connectivity index (χ3n) is 5.45. The number of halogens is 3. The van der Waals surface area contributed by atoms with Gasteiger partial charge >= 0.3 is 5.97 Å². The third kappa shape index (κ3) is 7.19. The second kappa shape index (κ2) is 14.0. The molecule has 6 rings (SSSR count). The standard InChI is InChI=1S/C9H7BrN2O.C9H5BrN2.C9H6BrNO2.CH5N/c10-6-2-1-3-7-5(6)4-8(12-7)9(11)13;10-8-2-1-3-9-7(8)4-6(5-11)12-9;10-6-2-1-3-7-5(6)4-8(11-7)9(12)13;1-2/h1-4,12H,(H2,11,13);1-4,12H;1-4,11H,(H,12,13);2H2,1H3. The van der Waals surface area contributed by atoms with Gasteiger partial charge in [0.25, 0.3) is 5.91 Å². The lowest BCUT2D eigenvalue weighted by atomic mass is 10.2. The molecule has 0 unspecified atom stereocenters. The molecule has 8 N–H and O–H groups in total. The summed E-state index contributed by atoms with van der Waals surface area (Å²) in [4.78, 5) is 30.2. The number of fused-ring (bicyclic) bond motifs is 3. The van der Waals surface area contributed by atoms with Crippen LogP contribution in [0.2, 0.25) is 0 Å². The van der Waals surface area contributed by atoms with E-state index in [1.54, 1.807) is 12.1 Å². The fourth-order valence-electron chi connectivity index (χ4n) is 3.66. The van der Waals surface area contributed by atoms with Crippen molar-refractivity contribution in [2.24, 2.45) is 11.5 Å². The van der Waals surface area contributed by atoms with Gasteiger partial charge in [-0.2, -0.15) is 5.26 Å². The van der Waals surface area contributed by atoms with E-state index in [1.165, 1.54) is 7.05 Å². The normalized spacial score (nSPS) is 10.0. The first-order chi connectivity index (χ1) is 19.2. The summed E-state index contributed by atoms with van der Waals surface area (Å²) in [5.74, 6) is -1.38. The largest absolute Gasteiger partial charge is 0.477 e. The van der Waals surface area contributed by atoms with Gasteiger partial charge in [0, 0.05) is 46.1 Å². The summed E-state index contributed by atoms with van der Waals surface area (Å²) in [6.45, 7) is 0. The number of H-pyrrole nitrogens is 3. The number of nitrogens with zero attached hydrogens (tertiary/aromatic N) is 1. The van der Waals surface area contributed by atoms with Crippen molar-refractivity contribution in [2.45, 2.75) is 0 Å². The number of aromatic nitrogens is 3. The molecule has 0 atom stereocenters. The van der Waals surface area contributed by atoms with Gasteiger partial charge in [-0.1, -0.05) is 66.0 Å². The number of amides is 1. The number of hydrogen-bond acceptors (Lipinski definition) is 4. The molecule has 6 aromatic rings. The van der Waals surface area contributed by atoms with Crippen molar-refractivity contribution in [3.05, 3.63) is 103 Å². The van der Waals surface area contributed by atoms with Crippen LogP contribution in [0.25, 0.3) is 32.7 Å². The van der Waals surface area contributed by atoms with Crippen molar-refractivity contribution < 1.29 is 14.7 Å². The summed E-state index contributed by atoms with van der Waals surface area (Å²) >= 11 is 10.1. The van der Waals surface area contributed by atoms with E-state index in [0.717, 1.165) is 46.1 Å². The van der Waals surface area contributed by atoms with Gasteiger partial charge in [0.15, 0.2) is 0 Å². The van der Waals surface area contributed by atoms with Crippen LogP contribution in [0.3, 0.4) is 0 Å². The van der Waals surface area contributed by atoms with Gasteiger partial charge in [-0.05, 0) is 61.6 Å². The Morgan fingerprint density at radius 1 is 0.725 bits per heavy atom. The molecule has 0 fully saturated rings. The zero-order chi connectivity index (χ0) is 29.4. The maximum atomic E-state index is 10.9. The van der Waals surface area contributed by atoms with E-state index >= 15 is 0 Å². The van der Waals surface area contributed by atoms with Gasteiger partial charge in [-0.15, -0.1) is 0 Å². The Morgan fingerprint density at radius 3 is 1.50 bits per heavy atom. The van der Waals surface area contributed by atoms with E-state index in [-0.39, 0.29) is 5.69 Å². The number of carboxylic acids is 1. The van der Waals surface area contributed by atoms with Gasteiger partial charge in [0.05, 0.1) is 0 Å². The summed E-state index contributed by atoms with van der Waals surface area (Å²) in [5, 5.41) is 20.3. The Kier molecular flexibility index (Phi) is 10.7. The molecule has 40 heavy (non-hydrogen) atoms. The molecule has 0 saturated carbocycles. The van der Waals surface area contributed by atoms with Crippen molar-refractivity contribution in [3.8, 4) is 6.07 Å². The number of nitriles is 1. The molecule has 1 amide bonds. The second-order valence-corrected chi connectivity index (χ2v) is 10.5. The summed E-state index contributed by atoms with van der Waals surface area (Å²) in [6.07, 6.45) is 0. The molecule has 0 radical (unpaired) electrons. The van der Waals surface area contributed by atoms with E-state index < -0.39 is 11.9 Å². The first kappa shape index (κ1) is 30.6. The zero-order valence-electron chi connectivity index (χ0n) is 20.9. The van der Waals surface area contributed by atoms with E-state index in [4.69, 9.17) is 16.1 Å². The molecule has 0 bridgehead atoms. The molecule has 204 valence electrons. The van der Waals surface area contributed by atoms with E-state index in [1.807, 2.05) is 60.7 Å². The van der Waals surface area contributed by atoms with E-state index in [2.05, 4.69) is 74.5 Å². The van der Waals surface area contributed by atoms with Gasteiger partial charge in [-0.3, -0.25) is 4.79 Å². The molecular formula is C28H23Br3N6O3. The van der Waals surface area contributed by atoms with Gasteiger partial charge < -0.3 is 31.5 Å². The van der Waals surface area contributed by atoms with Crippen LogP contribution in [0.15, 0.2) is 86.2 Å².